The van der Waals surface area contributed by atoms with Gasteiger partial charge in [-0.15, -0.1) is 6.42 Å². The van der Waals surface area contributed by atoms with Crippen molar-refractivity contribution >= 4 is 27.8 Å². The van der Waals surface area contributed by atoms with E-state index in [-0.39, 0.29) is 39.5 Å². The number of carbonyl (C=O) groups excluding carboxylic acids is 1. The Morgan fingerprint density at radius 1 is 1.03 bits per heavy atom. The van der Waals surface area contributed by atoms with Crippen LogP contribution in [-0.4, -0.2) is 37.9 Å². The van der Waals surface area contributed by atoms with Crippen LogP contribution in [0.5, 0.6) is 23.0 Å². The number of aromatic amines is 1. The van der Waals surface area contributed by atoms with Crippen LogP contribution in [0.15, 0.2) is 44.7 Å². The van der Waals surface area contributed by atoms with Crippen molar-refractivity contribution in [1.29, 1.82) is 0 Å². The molecular formula is C22H14N2O8. The lowest BCUT2D eigenvalue weighted by atomic mass is 10.0. The van der Waals surface area contributed by atoms with E-state index in [9.17, 15) is 34.8 Å². The Morgan fingerprint density at radius 3 is 2.47 bits per heavy atom. The molecule has 0 saturated heterocycles. The van der Waals surface area contributed by atoms with E-state index in [0.29, 0.717) is 0 Å². The SMILES string of the molecule is C#CCNC(=O)c1c(O)c(O)cc2occ(-c3c[nH]c4cc(O)c(O)cc4c3=O)c(=O)c12. The Bertz CT molecular complexity index is 1590. The third kappa shape index (κ3) is 3.05. The van der Waals surface area contributed by atoms with Crippen LogP contribution in [0.3, 0.4) is 0 Å². The van der Waals surface area contributed by atoms with E-state index in [1.807, 2.05) is 0 Å². The monoisotopic (exact) mass is 434 g/mol. The third-order valence-corrected chi connectivity index (χ3v) is 4.86. The van der Waals surface area contributed by atoms with Crippen molar-refractivity contribution in [3.05, 3.63) is 56.7 Å². The zero-order valence-corrected chi connectivity index (χ0v) is 16.1. The second kappa shape index (κ2) is 7.41. The molecule has 0 spiro atoms. The van der Waals surface area contributed by atoms with Gasteiger partial charge in [0.15, 0.2) is 28.4 Å². The van der Waals surface area contributed by atoms with Gasteiger partial charge in [-0.05, 0) is 6.07 Å². The number of aromatic hydroxyl groups is 4. The molecule has 2 aromatic carbocycles. The summed E-state index contributed by atoms with van der Waals surface area (Å²) in [5.74, 6) is -1.28. The predicted octanol–water partition coefficient (Wildman–Crippen LogP) is 1.49. The summed E-state index contributed by atoms with van der Waals surface area (Å²) in [5, 5.41) is 41.4. The summed E-state index contributed by atoms with van der Waals surface area (Å²) in [7, 11) is 0. The molecule has 0 atom stereocenters. The molecule has 10 nitrogen and oxygen atoms in total. The molecule has 1 amide bonds. The number of phenols is 4. The van der Waals surface area contributed by atoms with Gasteiger partial charge in [-0.1, -0.05) is 5.92 Å². The molecule has 0 aliphatic heterocycles. The number of phenolic OH excluding ortho intramolecular Hbond substituents is 4. The van der Waals surface area contributed by atoms with E-state index < -0.39 is 45.3 Å². The quantitative estimate of drug-likeness (QED) is 0.208. The highest BCUT2D eigenvalue weighted by Crippen LogP contribution is 2.35. The van der Waals surface area contributed by atoms with E-state index in [1.54, 1.807) is 0 Å². The molecule has 0 aliphatic rings. The lowest BCUT2D eigenvalue weighted by Crippen LogP contribution is -2.25. The third-order valence-electron chi connectivity index (χ3n) is 4.86. The number of H-pyrrole nitrogens is 1. The minimum absolute atomic E-state index is 0.0159. The van der Waals surface area contributed by atoms with Crippen molar-refractivity contribution in [2.24, 2.45) is 0 Å². The van der Waals surface area contributed by atoms with Crippen molar-refractivity contribution in [3.8, 4) is 46.5 Å². The normalized spacial score (nSPS) is 10.8. The summed E-state index contributed by atoms with van der Waals surface area (Å²) in [5.41, 5.74) is -2.46. The Morgan fingerprint density at radius 2 is 1.75 bits per heavy atom. The van der Waals surface area contributed by atoms with Gasteiger partial charge < -0.3 is 35.1 Å². The summed E-state index contributed by atoms with van der Waals surface area (Å²) in [6.07, 6.45) is 7.30. The van der Waals surface area contributed by atoms with E-state index in [4.69, 9.17) is 10.8 Å². The second-order valence-corrected chi connectivity index (χ2v) is 6.78. The van der Waals surface area contributed by atoms with Crippen LogP contribution in [-0.2, 0) is 0 Å². The first-order valence-corrected chi connectivity index (χ1v) is 9.04. The fourth-order valence-electron chi connectivity index (χ4n) is 3.33. The maximum absolute atomic E-state index is 13.3. The number of terminal acetylenes is 1. The molecule has 10 heteroatoms. The molecule has 160 valence electrons. The van der Waals surface area contributed by atoms with Crippen LogP contribution in [0.1, 0.15) is 10.4 Å². The first-order chi connectivity index (χ1) is 15.2. The fraction of sp³-hybridized carbons (Fsp3) is 0.0455. The number of hydrogen-bond donors (Lipinski definition) is 6. The summed E-state index contributed by atoms with van der Waals surface area (Å²) >= 11 is 0. The molecule has 2 heterocycles. The van der Waals surface area contributed by atoms with Gasteiger partial charge in [0, 0.05) is 18.3 Å². The number of pyridine rings is 1. The molecule has 2 aromatic heterocycles. The van der Waals surface area contributed by atoms with E-state index in [0.717, 1.165) is 24.5 Å². The van der Waals surface area contributed by atoms with Crippen LogP contribution in [0.25, 0.3) is 33.0 Å². The topological polar surface area (TPSA) is 173 Å². The summed E-state index contributed by atoms with van der Waals surface area (Å²) in [4.78, 5) is 41.5. The minimum Gasteiger partial charge on any atom is -0.504 e. The van der Waals surface area contributed by atoms with Gasteiger partial charge in [0.2, 0.25) is 5.43 Å². The van der Waals surface area contributed by atoms with E-state index >= 15 is 0 Å². The Hall–Kier alpha value is -4.91. The van der Waals surface area contributed by atoms with Gasteiger partial charge in [0.1, 0.15) is 11.8 Å². The zero-order valence-electron chi connectivity index (χ0n) is 16.1. The van der Waals surface area contributed by atoms with Gasteiger partial charge in [-0.25, -0.2) is 0 Å². The average Bonchev–Trinajstić information content (AvgIpc) is 2.76. The van der Waals surface area contributed by atoms with Crippen molar-refractivity contribution in [2.45, 2.75) is 0 Å². The maximum atomic E-state index is 13.3. The Balaban J connectivity index is 2.04. The summed E-state index contributed by atoms with van der Waals surface area (Å²) in [6, 6.07) is 3.14. The van der Waals surface area contributed by atoms with Crippen molar-refractivity contribution in [2.75, 3.05) is 6.54 Å². The standard InChI is InChI=1S/C22H14N2O8/c1-2-3-23-22(31)18-17-16(6-15(27)21(18)30)32-8-11(20(17)29)10-7-24-12-5-14(26)13(25)4-9(12)19(10)28/h1,4-8,25-27,30H,3H2,(H,23,31)(H,24,28). The number of rotatable bonds is 3. The van der Waals surface area contributed by atoms with E-state index in [1.165, 1.54) is 6.20 Å². The number of carbonyl (C=O) groups is 1. The number of benzene rings is 2. The molecule has 0 radical (unpaired) electrons. The number of fused-ring (bicyclic) bond motifs is 2. The van der Waals surface area contributed by atoms with Gasteiger partial charge in [0.05, 0.1) is 39.5 Å². The number of nitrogens with one attached hydrogen (secondary N) is 2. The first-order valence-electron chi connectivity index (χ1n) is 9.04. The second-order valence-electron chi connectivity index (χ2n) is 6.78. The van der Waals surface area contributed by atoms with Gasteiger partial charge >= 0.3 is 0 Å². The minimum atomic E-state index is -0.932. The number of aromatic nitrogens is 1. The highest BCUT2D eigenvalue weighted by atomic mass is 16.3. The highest BCUT2D eigenvalue weighted by Gasteiger charge is 2.24. The number of amides is 1. The molecule has 0 saturated carbocycles. The van der Waals surface area contributed by atoms with Crippen LogP contribution in [0, 0.1) is 12.3 Å². The van der Waals surface area contributed by atoms with Crippen LogP contribution in [0.4, 0.5) is 0 Å². The predicted molar refractivity (Wildman–Crippen MR) is 114 cm³/mol. The Kier molecular flexibility index (Phi) is 4.71. The molecule has 6 N–H and O–H groups in total. The molecule has 4 rings (SSSR count). The van der Waals surface area contributed by atoms with Gasteiger partial charge in [-0.3, -0.25) is 14.4 Å². The summed E-state index contributed by atoms with van der Waals surface area (Å²) in [6.45, 7) is -0.207. The molecule has 32 heavy (non-hydrogen) atoms. The zero-order chi connectivity index (χ0) is 23.2. The van der Waals surface area contributed by atoms with Crippen molar-refractivity contribution in [1.82, 2.24) is 10.3 Å². The van der Waals surface area contributed by atoms with Gasteiger partial charge in [0.25, 0.3) is 5.91 Å². The first kappa shape index (κ1) is 20.4. The highest BCUT2D eigenvalue weighted by molar-refractivity contribution is 6.10. The maximum Gasteiger partial charge on any atom is 0.256 e. The van der Waals surface area contributed by atoms with Crippen molar-refractivity contribution in [3.63, 3.8) is 0 Å². The van der Waals surface area contributed by atoms with Crippen LogP contribution >= 0.6 is 0 Å². The van der Waals surface area contributed by atoms with Crippen molar-refractivity contribution < 1.29 is 29.6 Å². The molecule has 4 aromatic rings. The molecule has 0 fully saturated rings. The molecule has 0 aliphatic carbocycles. The van der Waals surface area contributed by atoms with Gasteiger partial charge in [-0.2, -0.15) is 0 Å². The number of hydrogen-bond acceptors (Lipinski definition) is 8. The molecule has 0 bridgehead atoms. The fourth-order valence-corrected chi connectivity index (χ4v) is 3.33. The summed E-state index contributed by atoms with van der Waals surface area (Å²) < 4.78 is 5.39. The largest absolute Gasteiger partial charge is 0.504 e. The van der Waals surface area contributed by atoms with E-state index in [2.05, 4.69) is 16.2 Å². The lowest BCUT2D eigenvalue weighted by Gasteiger charge is -2.11. The average molecular weight is 434 g/mol. The molecular weight excluding hydrogens is 420 g/mol. The van der Waals surface area contributed by atoms with Crippen LogP contribution in [0.2, 0.25) is 0 Å². The molecule has 0 unspecified atom stereocenters. The van der Waals surface area contributed by atoms with Crippen LogP contribution < -0.4 is 16.2 Å². The Labute approximate surface area is 178 Å². The smallest absolute Gasteiger partial charge is 0.256 e. The lowest BCUT2D eigenvalue weighted by molar-refractivity contribution is 0.0957.